The van der Waals surface area contributed by atoms with Crippen molar-refractivity contribution < 1.29 is 44.4 Å². The molecule has 188 valence electrons. The van der Waals surface area contributed by atoms with Crippen LogP contribution in [-0.2, 0) is 30.4 Å². The fourth-order valence-corrected chi connectivity index (χ4v) is 2.94. The molecule has 0 radical (unpaired) electrons. The number of rotatable bonds is 14. The maximum atomic E-state index is 12.7. The molecule has 0 fully saturated rings. The average Bonchev–Trinajstić information content (AvgIpc) is 2.79. The standard InChI is InChI=1S/C20H28N4O9S/c21-12(5-6-16(27)28)17(29)23-14(8-25)19(31)22-13(7-10-1-3-11(26)4-2-10)18(30)24-15(9-34)20(32)33/h1-4,12-15,25-26,34H,5-9,21H2,(H,22,31)(H,23,29)(H,24,30)(H,27,28)(H,32,33). The van der Waals surface area contributed by atoms with Crippen LogP contribution in [0.25, 0.3) is 0 Å². The van der Waals surface area contributed by atoms with Crippen molar-refractivity contribution in [2.45, 2.75) is 43.4 Å². The molecule has 4 atom stereocenters. The quantitative estimate of drug-likeness (QED) is 0.123. The predicted octanol–water partition coefficient (Wildman–Crippen LogP) is -2.41. The van der Waals surface area contributed by atoms with E-state index in [0.717, 1.165) is 0 Å². The van der Waals surface area contributed by atoms with Gasteiger partial charge in [-0.2, -0.15) is 12.6 Å². The van der Waals surface area contributed by atoms with Gasteiger partial charge in [-0.25, -0.2) is 4.79 Å². The number of hydrogen-bond acceptors (Lipinski definition) is 9. The molecule has 0 saturated carbocycles. The summed E-state index contributed by atoms with van der Waals surface area (Å²) in [7, 11) is 0. The number of nitrogens with two attached hydrogens (primary N) is 1. The summed E-state index contributed by atoms with van der Waals surface area (Å²) in [6.45, 7) is -0.856. The highest BCUT2D eigenvalue weighted by molar-refractivity contribution is 7.80. The summed E-state index contributed by atoms with van der Waals surface area (Å²) < 4.78 is 0. The summed E-state index contributed by atoms with van der Waals surface area (Å²) >= 11 is 3.87. The van der Waals surface area contributed by atoms with Crippen LogP contribution in [0.2, 0.25) is 0 Å². The number of aliphatic hydroxyl groups excluding tert-OH is 1. The van der Waals surface area contributed by atoms with Crippen molar-refractivity contribution >= 4 is 42.3 Å². The SMILES string of the molecule is NC(CCC(=O)O)C(=O)NC(CO)C(=O)NC(Cc1ccc(O)cc1)C(=O)NC(CS)C(=O)O. The van der Waals surface area contributed by atoms with E-state index in [-0.39, 0.29) is 30.8 Å². The molecule has 0 bridgehead atoms. The number of carboxylic acid groups (broad SMARTS) is 2. The number of hydrogen-bond donors (Lipinski definition) is 9. The van der Waals surface area contributed by atoms with Gasteiger partial charge in [0.25, 0.3) is 0 Å². The predicted molar refractivity (Wildman–Crippen MR) is 121 cm³/mol. The van der Waals surface area contributed by atoms with Crippen LogP contribution in [0.15, 0.2) is 24.3 Å². The summed E-state index contributed by atoms with van der Waals surface area (Å²) in [6.07, 6.45) is -0.691. The molecule has 0 aliphatic carbocycles. The number of nitrogens with one attached hydrogen (secondary N) is 3. The van der Waals surface area contributed by atoms with Crippen molar-refractivity contribution in [3.63, 3.8) is 0 Å². The molecule has 1 rings (SSSR count). The van der Waals surface area contributed by atoms with Crippen molar-refractivity contribution in [2.75, 3.05) is 12.4 Å². The highest BCUT2D eigenvalue weighted by atomic mass is 32.1. The van der Waals surface area contributed by atoms with Crippen LogP contribution in [0.1, 0.15) is 18.4 Å². The second kappa shape index (κ2) is 14.0. The van der Waals surface area contributed by atoms with Crippen molar-refractivity contribution in [3.8, 4) is 5.75 Å². The van der Waals surface area contributed by atoms with Crippen LogP contribution in [0.3, 0.4) is 0 Å². The summed E-state index contributed by atoms with van der Waals surface area (Å²) in [4.78, 5) is 59.4. The Hall–Kier alpha value is -3.36. The number of benzene rings is 1. The van der Waals surface area contributed by atoms with Gasteiger partial charge in [0.2, 0.25) is 17.7 Å². The van der Waals surface area contributed by atoms with E-state index in [1.165, 1.54) is 24.3 Å². The van der Waals surface area contributed by atoms with Gasteiger partial charge in [-0.1, -0.05) is 12.1 Å². The molecule has 3 amide bonds. The van der Waals surface area contributed by atoms with Crippen LogP contribution < -0.4 is 21.7 Å². The fourth-order valence-electron chi connectivity index (χ4n) is 2.69. The van der Waals surface area contributed by atoms with Gasteiger partial charge in [0, 0.05) is 18.6 Å². The van der Waals surface area contributed by atoms with Crippen molar-refractivity contribution in [2.24, 2.45) is 5.73 Å². The zero-order valence-electron chi connectivity index (χ0n) is 18.0. The Morgan fingerprint density at radius 1 is 0.882 bits per heavy atom. The molecule has 0 aliphatic rings. The van der Waals surface area contributed by atoms with E-state index in [1.54, 1.807) is 0 Å². The van der Waals surface area contributed by atoms with Gasteiger partial charge in [-0.3, -0.25) is 19.2 Å². The molecular formula is C20H28N4O9S. The molecule has 1 aromatic carbocycles. The van der Waals surface area contributed by atoms with Crippen LogP contribution >= 0.6 is 12.6 Å². The highest BCUT2D eigenvalue weighted by Gasteiger charge is 2.30. The molecule has 9 N–H and O–H groups in total. The fraction of sp³-hybridized carbons (Fsp3) is 0.450. The first-order chi connectivity index (χ1) is 16.0. The monoisotopic (exact) mass is 500 g/mol. The largest absolute Gasteiger partial charge is 0.508 e. The Bertz CT molecular complexity index is 881. The molecule has 0 aliphatic heterocycles. The number of carboxylic acids is 2. The smallest absolute Gasteiger partial charge is 0.327 e. The van der Waals surface area contributed by atoms with Crippen LogP contribution in [-0.4, -0.2) is 86.6 Å². The van der Waals surface area contributed by atoms with Gasteiger partial charge in [0.15, 0.2) is 0 Å². The lowest BCUT2D eigenvalue weighted by Crippen LogP contribution is -2.58. The number of phenolic OH excluding ortho intramolecular Hbond substituents is 1. The molecule has 1 aromatic rings. The number of aromatic hydroxyl groups is 1. The summed E-state index contributed by atoms with van der Waals surface area (Å²) in [6, 6.07) is 0.272. The topological polar surface area (TPSA) is 228 Å². The van der Waals surface area contributed by atoms with Gasteiger partial charge in [0.05, 0.1) is 12.6 Å². The molecule has 14 heteroatoms. The van der Waals surface area contributed by atoms with Gasteiger partial charge < -0.3 is 42.1 Å². The third-order valence-electron chi connectivity index (χ3n) is 4.63. The molecule has 0 aromatic heterocycles. The maximum absolute atomic E-state index is 12.7. The summed E-state index contributed by atoms with van der Waals surface area (Å²) in [5.41, 5.74) is 6.11. The Morgan fingerprint density at radius 3 is 1.91 bits per heavy atom. The van der Waals surface area contributed by atoms with Crippen LogP contribution in [0.4, 0.5) is 0 Å². The van der Waals surface area contributed by atoms with E-state index >= 15 is 0 Å². The minimum atomic E-state index is -1.52. The minimum Gasteiger partial charge on any atom is -0.508 e. The summed E-state index contributed by atoms with van der Waals surface area (Å²) in [5, 5.41) is 43.6. The normalized spacial score (nSPS) is 14.2. The molecule has 13 nitrogen and oxygen atoms in total. The van der Waals surface area contributed by atoms with Gasteiger partial charge in [0.1, 0.15) is 23.9 Å². The second-order valence-corrected chi connectivity index (χ2v) is 7.66. The zero-order valence-corrected chi connectivity index (χ0v) is 18.9. The lowest BCUT2D eigenvalue weighted by Gasteiger charge is -2.24. The van der Waals surface area contributed by atoms with Crippen molar-refractivity contribution in [1.82, 2.24) is 16.0 Å². The van der Waals surface area contributed by atoms with Crippen molar-refractivity contribution in [1.29, 1.82) is 0 Å². The first kappa shape index (κ1) is 28.7. The number of phenols is 1. The van der Waals surface area contributed by atoms with E-state index < -0.39 is 60.4 Å². The molecule has 0 saturated heterocycles. The number of carbonyl (C=O) groups is 5. The van der Waals surface area contributed by atoms with Gasteiger partial charge >= 0.3 is 11.9 Å². The van der Waals surface area contributed by atoms with Crippen LogP contribution in [0.5, 0.6) is 5.75 Å². The zero-order chi connectivity index (χ0) is 25.8. The third-order valence-corrected chi connectivity index (χ3v) is 4.99. The molecule has 4 unspecified atom stereocenters. The van der Waals surface area contributed by atoms with E-state index in [4.69, 9.17) is 15.9 Å². The number of carbonyl (C=O) groups excluding carboxylic acids is 3. The Balaban J connectivity index is 2.97. The van der Waals surface area contributed by atoms with E-state index in [9.17, 15) is 34.2 Å². The number of aliphatic carboxylic acids is 2. The van der Waals surface area contributed by atoms with Crippen LogP contribution in [0, 0.1) is 0 Å². The third kappa shape index (κ3) is 9.64. The number of aliphatic hydroxyl groups is 1. The minimum absolute atomic E-state index is 0.0305. The van der Waals surface area contributed by atoms with E-state index in [1.807, 2.05) is 0 Å². The van der Waals surface area contributed by atoms with E-state index in [2.05, 4.69) is 28.6 Å². The second-order valence-electron chi connectivity index (χ2n) is 7.30. The lowest BCUT2D eigenvalue weighted by atomic mass is 10.0. The lowest BCUT2D eigenvalue weighted by molar-refractivity contribution is -0.141. The Labute approximate surface area is 200 Å². The van der Waals surface area contributed by atoms with E-state index in [0.29, 0.717) is 5.56 Å². The molecule has 0 spiro atoms. The Kier molecular flexibility index (Phi) is 11.8. The first-order valence-electron chi connectivity index (χ1n) is 10.1. The average molecular weight is 501 g/mol. The van der Waals surface area contributed by atoms with Crippen molar-refractivity contribution in [3.05, 3.63) is 29.8 Å². The molecule has 0 heterocycles. The summed E-state index contributed by atoms with van der Waals surface area (Å²) in [5.74, 6) is -5.45. The number of thiol groups is 1. The number of amides is 3. The maximum Gasteiger partial charge on any atom is 0.327 e. The Morgan fingerprint density at radius 2 is 1.41 bits per heavy atom. The van der Waals surface area contributed by atoms with Gasteiger partial charge in [-0.05, 0) is 24.1 Å². The molecule has 34 heavy (non-hydrogen) atoms. The first-order valence-corrected chi connectivity index (χ1v) is 10.7. The highest BCUT2D eigenvalue weighted by Crippen LogP contribution is 2.12. The molecular weight excluding hydrogens is 472 g/mol. The van der Waals surface area contributed by atoms with Gasteiger partial charge in [-0.15, -0.1) is 0 Å².